The zero-order valence-corrected chi connectivity index (χ0v) is 37.1. The molecule has 0 spiro atoms. The highest BCUT2D eigenvalue weighted by Gasteiger charge is 2.44. The fourth-order valence-corrected chi connectivity index (χ4v) is 15.3. The summed E-state index contributed by atoms with van der Waals surface area (Å²) in [6.07, 6.45) is 0. The van der Waals surface area contributed by atoms with Gasteiger partial charge < -0.3 is 9.80 Å². The smallest absolute Gasteiger partial charge is 0.181 e. The van der Waals surface area contributed by atoms with Gasteiger partial charge in [-0.3, -0.25) is 0 Å². The van der Waals surface area contributed by atoms with E-state index in [-0.39, 0.29) is 5.41 Å². The summed E-state index contributed by atoms with van der Waals surface area (Å²) >= 11 is 0. The zero-order chi connectivity index (χ0) is 43.1. The van der Waals surface area contributed by atoms with E-state index in [1.807, 2.05) is 0 Å². The van der Waals surface area contributed by atoms with Crippen LogP contribution >= 0.6 is 0 Å². The fourth-order valence-electron chi connectivity index (χ4n) is 10.4. The normalized spacial score (nSPS) is 12.7. The van der Waals surface area contributed by atoms with E-state index >= 15 is 0 Å². The molecule has 0 heterocycles. The Morgan fingerprint density at radius 3 is 1.50 bits per heavy atom. The van der Waals surface area contributed by atoms with E-state index in [4.69, 9.17) is 0 Å². The van der Waals surface area contributed by atoms with Gasteiger partial charge in [-0.1, -0.05) is 202 Å². The van der Waals surface area contributed by atoms with Crippen molar-refractivity contribution in [1.82, 2.24) is 0 Å². The molecule has 64 heavy (non-hydrogen) atoms. The molecule has 2 nitrogen and oxygen atoms in total. The lowest BCUT2D eigenvalue weighted by molar-refractivity contribution is 0.660. The number of anilines is 6. The Kier molecular flexibility index (Phi) is 9.91. The van der Waals surface area contributed by atoms with Crippen molar-refractivity contribution >= 4 is 73.7 Å². The van der Waals surface area contributed by atoms with Gasteiger partial charge in [-0.05, 0) is 121 Å². The van der Waals surface area contributed by atoms with Crippen LogP contribution in [0.2, 0.25) is 0 Å². The molecule has 0 N–H and O–H groups in total. The lowest BCUT2D eigenvalue weighted by Crippen LogP contribution is -2.75. The highest BCUT2D eigenvalue weighted by molar-refractivity contribution is 7.20. The van der Waals surface area contributed by atoms with Gasteiger partial charge in [-0.2, -0.15) is 0 Å². The molecule has 0 aromatic heterocycles. The number of nitrogens with zero attached hydrogens (tertiary/aromatic N) is 2. The minimum atomic E-state index is -3.16. The Labute approximate surface area is 378 Å². The van der Waals surface area contributed by atoms with Gasteiger partial charge in [0.2, 0.25) is 0 Å². The quantitative estimate of drug-likeness (QED) is 0.100. The first-order valence-corrected chi connectivity index (χ1v) is 24.3. The van der Waals surface area contributed by atoms with Crippen molar-refractivity contribution in [3.8, 4) is 11.1 Å². The molecule has 0 amide bonds. The summed E-state index contributed by atoms with van der Waals surface area (Å²) in [5.74, 6) is 0. The van der Waals surface area contributed by atoms with Gasteiger partial charge in [0.25, 0.3) is 0 Å². The van der Waals surface area contributed by atoms with Crippen LogP contribution in [0.25, 0.3) is 21.9 Å². The first kappa shape index (κ1) is 39.1. The zero-order valence-electron chi connectivity index (χ0n) is 36.1. The summed E-state index contributed by atoms with van der Waals surface area (Å²) in [7, 11) is -3.16. The number of benzene rings is 10. The second kappa shape index (κ2) is 16.2. The van der Waals surface area contributed by atoms with Crippen molar-refractivity contribution < 1.29 is 0 Å². The molecule has 1 aliphatic rings. The maximum absolute atomic E-state index is 3.16. The van der Waals surface area contributed by atoms with Crippen molar-refractivity contribution in [2.45, 2.75) is 19.3 Å². The van der Waals surface area contributed by atoms with Gasteiger partial charge in [0.15, 0.2) is 8.07 Å². The van der Waals surface area contributed by atoms with Crippen molar-refractivity contribution in [2.24, 2.45) is 0 Å². The van der Waals surface area contributed by atoms with Gasteiger partial charge in [0.05, 0.1) is 0 Å². The molecule has 10 aromatic rings. The molecular weight excluding hydrogens is 789 g/mol. The number of hydrogen-bond donors (Lipinski definition) is 0. The summed E-state index contributed by atoms with van der Waals surface area (Å²) in [5, 5.41) is 7.68. The lowest BCUT2D eigenvalue weighted by atomic mass is 9.82. The molecule has 11 rings (SSSR count). The third-order valence-electron chi connectivity index (χ3n) is 13.3. The Morgan fingerprint density at radius 1 is 0.312 bits per heavy atom. The van der Waals surface area contributed by atoms with Gasteiger partial charge >= 0.3 is 0 Å². The van der Waals surface area contributed by atoms with Crippen molar-refractivity contribution in [1.29, 1.82) is 0 Å². The standard InChI is InChI=1S/C61H48N2Si/c1-61(2)57-35-18-17-34-55(57)56-41-40-51(44-58(56)61)62(47-24-7-3-8-25-47)49-28-21-33-54(43-49)64(52-29-11-5-12-30-52,53-31-13-6-14-32-53)60-37-20-19-36-59(60)63(48-26-9-4-10-27-48)50-39-38-45-22-15-16-23-46(45)42-50/h3-44H,1-2H3. The second-order valence-electron chi connectivity index (χ2n) is 17.3. The molecule has 3 heteroatoms. The molecule has 0 atom stereocenters. The molecule has 0 aliphatic heterocycles. The van der Waals surface area contributed by atoms with E-state index in [0.717, 1.165) is 34.1 Å². The van der Waals surface area contributed by atoms with Crippen molar-refractivity contribution in [2.75, 3.05) is 9.80 Å². The van der Waals surface area contributed by atoms with E-state index in [0.29, 0.717) is 0 Å². The first-order valence-electron chi connectivity index (χ1n) is 22.3. The van der Waals surface area contributed by atoms with Crippen LogP contribution in [0.1, 0.15) is 25.0 Å². The maximum Gasteiger partial charge on any atom is 0.181 e. The average Bonchev–Trinajstić information content (AvgIpc) is 3.59. The predicted octanol–water partition coefficient (Wildman–Crippen LogP) is 13.5. The van der Waals surface area contributed by atoms with Crippen molar-refractivity contribution in [3.63, 3.8) is 0 Å². The molecule has 0 radical (unpaired) electrons. The molecule has 0 unspecified atom stereocenters. The summed E-state index contributed by atoms with van der Waals surface area (Å²) in [5.41, 5.74) is 12.0. The Balaban J connectivity index is 1.17. The van der Waals surface area contributed by atoms with Crippen LogP contribution in [0.15, 0.2) is 255 Å². The molecule has 1 aliphatic carbocycles. The number of hydrogen-bond acceptors (Lipinski definition) is 2. The van der Waals surface area contributed by atoms with E-state index in [1.165, 1.54) is 53.8 Å². The van der Waals surface area contributed by atoms with Crippen LogP contribution < -0.4 is 30.5 Å². The summed E-state index contributed by atoms with van der Waals surface area (Å²) in [6, 6.07) is 94.4. The Morgan fingerprint density at radius 2 is 0.797 bits per heavy atom. The van der Waals surface area contributed by atoms with Gasteiger partial charge in [0, 0.05) is 39.5 Å². The Bertz CT molecular complexity index is 3220. The summed E-state index contributed by atoms with van der Waals surface area (Å²) in [6.45, 7) is 4.73. The van der Waals surface area contributed by atoms with Crippen LogP contribution in [0, 0.1) is 0 Å². The van der Waals surface area contributed by atoms with Crippen molar-refractivity contribution in [3.05, 3.63) is 266 Å². The molecule has 0 bridgehead atoms. The highest BCUT2D eigenvalue weighted by atomic mass is 28.3. The van der Waals surface area contributed by atoms with Crippen LogP contribution in [-0.2, 0) is 5.41 Å². The predicted molar refractivity (Wildman–Crippen MR) is 274 cm³/mol. The van der Waals surface area contributed by atoms with Gasteiger partial charge in [-0.25, -0.2) is 0 Å². The topological polar surface area (TPSA) is 6.48 Å². The monoisotopic (exact) mass is 836 g/mol. The van der Waals surface area contributed by atoms with Gasteiger partial charge in [0.1, 0.15) is 0 Å². The van der Waals surface area contributed by atoms with Crippen LogP contribution in [0.3, 0.4) is 0 Å². The average molecular weight is 837 g/mol. The first-order chi connectivity index (χ1) is 31.5. The third-order valence-corrected chi connectivity index (χ3v) is 18.2. The third kappa shape index (κ3) is 6.56. The molecule has 10 aromatic carbocycles. The SMILES string of the molecule is CC1(C)c2ccccc2-c2ccc(N(c3ccccc3)c3cccc([Si](c4ccccc4)(c4ccccc4)c4ccccc4N(c4ccccc4)c4ccc5ccccc5c4)c3)cc21. The van der Waals surface area contributed by atoms with Crippen LogP contribution in [0.5, 0.6) is 0 Å². The van der Waals surface area contributed by atoms with E-state index in [9.17, 15) is 0 Å². The molecule has 306 valence electrons. The number of para-hydroxylation sites is 3. The summed E-state index contributed by atoms with van der Waals surface area (Å²) < 4.78 is 0. The number of fused-ring (bicyclic) bond motifs is 4. The van der Waals surface area contributed by atoms with Crippen LogP contribution in [0.4, 0.5) is 34.1 Å². The molecule has 0 saturated heterocycles. The van der Waals surface area contributed by atoms with E-state index in [2.05, 4.69) is 278 Å². The van der Waals surface area contributed by atoms with E-state index in [1.54, 1.807) is 0 Å². The fraction of sp³-hybridized carbons (Fsp3) is 0.0492. The van der Waals surface area contributed by atoms with E-state index < -0.39 is 8.07 Å². The Hall–Kier alpha value is -7.72. The molecule has 0 saturated carbocycles. The second-order valence-corrected chi connectivity index (χ2v) is 21.1. The van der Waals surface area contributed by atoms with Gasteiger partial charge in [-0.15, -0.1) is 0 Å². The minimum Gasteiger partial charge on any atom is -0.311 e. The van der Waals surface area contributed by atoms with Crippen LogP contribution in [-0.4, -0.2) is 8.07 Å². The molecular formula is C61H48N2Si. The minimum absolute atomic E-state index is 0.131. The molecule has 0 fully saturated rings. The maximum atomic E-state index is 2.49. The lowest BCUT2D eigenvalue weighted by Gasteiger charge is -2.39. The highest BCUT2D eigenvalue weighted by Crippen LogP contribution is 2.50. The summed E-state index contributed by atoms with van der Waals surface area (Å²) in [4.78, 5) is 4.93. The number of rotatable bonds is 10. The largest absolute Gasteiger partial charge is 0.311 e.